The summed E-state index contributed by atoms with van der Waals surface area (Å²) in [4.78, 5) is 0. The lowest BCUT2D eigenvalue weighted by Crippen LogP contribution is -2.17. The van der Waals surface area contributed by atoms with Gasteiger partial charge in [0, 0.05) is 43.5 Å². The van der Waals surface area contributed by atoms with E-state index in [4.69, 9.17) is 8.83 Å². The summed E-state index contributed by atoms with van der Waals surface area (Å²) in [6.45, 7) is 9.61. The van der Waals surface area contributed by atoms with Crippen LogP contribution in [0.4, 0.5) is 0 Å². The van der Waals surface area contributed by atoms with Gasteiger partial charge in [-0.3, -0.25) is 0 Å². The molecule has 2 aliphatic rings. The van der Waals surface area contributed by atoms with Gasteiger partial charge in [0.15, 0.2) is 0 Å². The third kappa shape index (κ3) is 4.81. The second-order valence-electron chi connectivity index (χ2n) is 18.4. The molecule has 0 spiro atoms. The molecule has 0 amide bonds. The van der Waals surface area contributed by atoms with Gasteiger partial charge in [0.2, 0.25) is 0 Å². The molecular formula is C60H42O2. The van der Waals surface area contributed by atoms with Crippen LogP contribution in [0.3, 0.4) is 0 Å². The average Bonchev–Trinajstić information content (AvgIpc) is 4.01. The zero-order valence-electron chi connectivity index (χ0n) is 35.1. The Labute approximate surface area is 360 Å². The Kier molecular flexibility index (Phi) is 7.16. The number of para-hydroxylation sites is 2. The van der Waals surface area contributed by atoms with Crippen molar-refractivity contribution in [2.75, 3.05) is 0 Å². The average molecular weight is 795 g/mol. The number of furan rings is 2. The van der Waals surface area contributed by atoms with Gasteiger partial charge >= 0.3 is 0 Å². The van der Waals surface area contributed by atoms with E-state index in [0.29, 0.717) is 0 Å². The first kappa shape index (κ1) is 35.3. The fourth-order valence-corrected chi connectivity index (χ4v) is 11.1. The fourth-order valence-electron chi connectivity index (χ4n) is 11.1. The van der Waals surface area contributed by atoms with E-state index in [-0.39, 0.29) is 10.8 Å². The Bertz CT molecular complexity index is 3670. The van der Waals surface area contributed by atoms with E-state index in [0.717, 1.165) is 44.2 Å². The molecule has 2 nitrogen and oxygen atoms in total. The minimum atomic E-state index is -0.305. The molecule has 0 unspecified atom stereocenters. The molecule has 0 N–H and O–H groups in total. The quantitative estimate of drug-likeness (QED) is 0.177. The van der Waals surface area contributed by atoms with Crippen LogP contribution < -0.4 is 0 Å². The Morgan fingerprint density at radius 3 is 1.32 bits per heavy atom. The SMILES string of the molecule is CC1(C)c2cc3c(cc2-c2c1cc(-c1cccc(-c4ccccc4)c1)c1c2oc2ccccc21)C(C)(C)c1cc(-c2cccc(-c4ccccc4)c2)c2oc4ccccc4c2c1-3. The molecular weight excluding hydrogens is 753 g/mol. The molecule has 2 heterocycles. The number of hydrogen-bond donors (Lipinski definition) is 0. The zero-order valence-corrected chi connectivity index (χ0v) is 35.1. The van der Waals surface area contributed by atoms with Gasteiger partial charge in [0.05, 0.1) is 0 Å². The largest absolute Gasteiger partial charge is 0.455 e. The summed E-state index contributed by atoms with van der Waals surface area (Å²) in [6.07, 6.45) is 0. The Morgan fingerprint density at radius 2 is 0.726 bits per heavy atom. The molecule has 2 heteroatoms. The highest BCUT2D eigenvalue weighted by Crippen LogP contribution is 2.61. The smallest absolute Gasteiger partial charge is 0.144 e. The summed E-state index contributed by atoms with van der Waals surface area (Å²) in [5.41, 5.74) is 23.0. The Hall–Kier alpha value is -7.42. The lowest BCUT2D eigenvalue weighted by Gasteiger charge is -2.24. The van der Waals surface area contributed by atoms with Crippen LogP contribution in [0.1, 0.15) is 49.9 Å². The summed E-state index contributed by atoms with van der Waals surface area (Å²) >= 11 is 0. The molecule has 13 rings (SSSR count). The molecule has 0 saturated carbocycles. The van der Waals surface area contributed by atoms with Crippen molar-refractivity contribution in [3.05, 3.63) is 204 Å². The van der Waals surface area contributed by atoms with Crippen molar-refractivity contribution in [1.82, 2.24) is 0 Å². The summed E-state index contributed by atoms with van der Waals surface area (Å²) in [7, 11) is 0. The van der Waals surface area contributed by atoms with E-state index in [2.05, 4.69) is 210 Å². The van der Waals surface area contributed by atoms with Gasteiger partial charge in [-0.2, -0.15) is 0 Å². The molecule has 0 fully saturated rings. The third-order valence-electron chi connectivity index (χ3n) is 14.2. The molecule has 62 heavy (non-hydrogen) atoms. The normalized spacial score (nSPS) is 14.4. The van der Waals surface area contributed by atoms with Gasteiger partial charge in [-0.05, 0) is 126 Å². The van der Waals surface area contributed by atoms with E-state index in [9.17, 15) is 0 Å². The first-order valence-corrected chi connectivity index (χ1v) is 21.7. The van der Waals surface area contributed by atoms with E-state index in [1.807, 2.05) is 0 Å². The van der Waals surface area contributed by atoms with Crippen LogP contribution in [-0.2, 0) is 10.8 Å². The van der Waals surface area contributed by atoms with Crippen molar-refractivity contribution in [3.63, 3.8) is 0 Å². The van der Waals surface area contributed by atoms with Crippen molar-refractivity contribution < 1.29 is 8.83 Å². The van der Waals surface area contributed by atoms with Crippen LogP contribution in [0.25, 0.3) is 111 Å². The van der Waals surface area contributed by atoms with E-state index in [1.165, 1.54) is 88.7 Å². The Morgan fingerprint density at radius 1 is 0.306 bits per heavy atom. The minimum Gasteiger partial charge on any atom is -0.455 e. The molecule has 0 aliphatic heterocycles. The topological polar surface area (TPSA) is 26.3 Å². The molecule has 0 bridgehead atoms. The number of hydrogen-bond acceptors (Lipinski definition) is 2. The van der Waals surface area contributed by atoms with Crippen LogP contribution >= 0.6 is 0 Å². The van der Waals surface area contributed by atoms with Gasteiger partial charge in [0.1, 0.15) is 22.3 Å². The number of rotatable bonds is 4. The first-order valence-electron chi connectivity index (χ1n) is 21.7. The lowest BCUT2D eigenvalue weighted by molar-refractivity contribution is 0.649. The zero-order chi connectivity index (χ0) is 41.5. The second-order valence-corrected chi connectivity index (χ2v) is 18.4. The third-order valence-corrected chi connectivity index (χ3v) is 14.2. The van der Waals surface area contributed by atoms with Crippen molar-refractivity contribution in [3.8, 4) is 66.8 Å². The summed E-state index contributed by atoms with van der Waals surface area (Å²) in [5.74, 6) is 0. The van der Waals surface area contributed by atoms with E-state index in [1.54, 1.807) is 0 Å². The second kappa shape index (κ2) is 12.6. The van der Waals surface area contributed by atoms with E-state index >= 15 is 0 Å². The summed E-state index contributed by atoms with van der Waals surface area (Å²) in [6, 6.07) is 66.3. The molecule has 294 valence electrons. The van der Waals surface area contributed by atoms with Crippen LogP contribution in [0.2, 0.25) is 0 Å². The first-order chi connectivity index (χ1) is 30.3. The molecule has 2 aromatic heterocycles. The predicted molar refractivity (Wildman–Crippen MR) is 258 cm³/mol. The predicted octanol–water partition coefficient (Wildman–Crippen LogP) is 16.8. The maximum absolute atomic E-state index is 7.05. The standard InChI is InChI=1S/C60H42O2/c1-59(2)47-34-46-48(33-45(47)54-49(59)32-44(57-56(54)42-26-12-14-28-52(42)61-57)40-24-16-22-38(30-40)36-19-9-6-10-20-36)60(3,4)50-31-43(39-23-15-21-37(29-39)35-17-7-5-8-18-35)53-41-25-11-13-27-51(41)62-58(53)55(46)50/h5-34H,1-4H3. The van der Waals surface area contributed by atoms with Crippen molar-refractivity contribution >= 4 is 43.9 Å². The highest BCUT2D eigenvalue weighted by molar-refractivity contribution is 6.21. The van der Waals surface area contributed by atoms with Gasteiger partial charge < -0.3 is 8.83 Å². The molecule has 0 radical (unpaired) electrons. The van der Waals surface area contributed by atoms with Crippen molar-refractivity contribution in [2.45, 2.75) is 38.5 Å². The molecule has 2 aliphatic carbocycles. The van der Waals surface area contributed by atoms with Gasteiger partial charge in [0.25, 0.3) is 0 Å². The summed E-state index contributed by atoms with van der Waals surface area (Å²) < 4.78 is 14.0. The highest BCUT2D eigenvalue weighted by Gasteiger charge is 2.45. The number of fused-ring (bicyclic) bond motifs is 14. The van der Waals surface area contributed by atoms with Gasteiger partial charge in [-0.15, -0.1) is 0 Å². The van der Waals surface area contributed by atoms with Crippen LogP contribution in [-0.4, -0.2) is 0 Å². The molecule has 0 atom stereocenters. The highest BCUT2D eigenvalue weighted by atomic mass is 16.3. The Balaban J connectivity index is 1.06. The number of benzene rings is 9. The van der Waals surface area contributed by atoms with Crippen LogP contribution in [0, 0.1) is 0 Å². The molecule has 9 aromatic carbocycles. The van der Waals surface area contributed by atoms with Crippen LogP contribution in [0.5, 0.6) is 0 Å². The summed E-state index contributed by atoms with van der Waals surface area (Å²) in [5, 5.41) is 4.66. The molecule has 11 aromatic rings. The maximum atomic E-state index is 7.05. The van der Waals surface area contributed by atoms with Crippen molar-refractivity contribution in [1.29, 1.82) is 0 Å². The maximum Gasteiger partial charge on any atom is 0.144 e. The van der Waals surface area contributed by atoms with E-state index < -0.39 is 0 Å². The van der Waals surface area contributed by atoms with Crippen molar-refractivity contribution in [2.24, 2.45) is 0 Å². The lowest BCUT2D eigenvalue weighted by atomic mass is 9.78. The molecule has 0 saturated heterocycles. The van der Waals surface area contributed by atoms with Crippen LogP contribution in [0.15, 0.2) is 191 Å². The minimum absolute atomic E-state index is 0.296. The van der Waals surface area contributed by atoms with Gasteiger partial charge in [-0.25, -0.2) is 0 Å². The monoisotopic (exact) mass is 794 g/mol. The van der Waals surface area contributed by atoms with Gasteiger partial charge in [-0.1, -0.05) is 161 Å². The fraction of sp³-hybridized carbons (Fsp3) is 0.100.